The van der Waals surface area contributed by atoms with Crippen LogP contribution < -0.4 is 14.8 Å². The maximum Gasteiger partial charge on any atom is 0.241 e. The number of rotatable bonds is 9. The minimum absolute atomic E-state index is 0.0423. The van der Waals surface area contributed by atoms with Crippen LogP contribution in [0.1, 0.15) is 25.7 Å². The highest BCUT2D eigenvalue weighted by atomic mass is 35.5. The number of hydrogen-bond acceptors (Lipinski definition) is 7. The SMILES string of the molecule is COc1ccc(OCC(C)NC(=O)C2CCCN(Cc3nc(-c4cccc(Cl)c4)no3)C2)cc1. The first-order valence-electron chi connectivity index (χ1n) is 11.4. The zero-order valence-corrected chi connectivity index (χ0v) is 20.1. The lowest BCUT2D eigenvalue weighted by Gasteiger charge is -2.31. The Labute approximate surface area is 204 Å². The zero-order chi connectivity index (χ0) is 23.9. The smallest absolute Gasteiger partial charge is 0.241 e. The second kappa shape index (κ2) is 11.4. The summed E-state index contributed by atoms with van der Waals surface area (Å²) in [6.07, 6.45) is 1.79. The molecule has 180 valence electrons. The van der Waals surface area contributed by atoms with Gasteiger partial charge in [0.15, 0.2) is 0 Å². The Balaban J connectivity index is 1.25. The maximum atomic E-state index is 12.8. The normalized spacial score (nSPS) is 17.2. The lowest BCUT2D eigenvalue weighted by molar-refractivity contribution is -0.127. The number of hydrogen-bond donors (Lipinski definition) is 1. The van der Waals surface area contributed by atoms with Crippen LogP contribution in [0.15, 0.2) is 53.1 Å². The minimum Gasteiger partial charge on any atom is -0.497 e. The van der Waals surface area contributed by atoms with Gasteiger partial charge in [-0.15, -0.1) is 0 Å². The number of nitrogens with zero attached hydrogens (tertiary/aromatic N) is 3. The molecule has 2 aromatic carbocycles. The van der Waals surface area contributed by atoms with Gasteiger partial charge < -0.3 is 19.3 Å². The van der Waals surface area contributed by atoms with Gasteiger partial charge in [-0.3, -0.25) is 9.69 Å². The average molecular weight is 485 g/mol. The molecular formula is C25H29ClN4O4. The van der Waals surface area contributed by atoms with E-state index in [1.807, 2.05) is 43.3 Å². The fraction of sp³-hybridized carbons (Fsp3) is 0.400. The maximum absolute atomic E-state index is 12.8. The third kappa shape index (κ3) is 6.48. The van der Waals surface area contributed by atoms with Crippen molar-refractivity contribution >= 4 is 17.5 Å². The molecular weight excluding hydrogens is 456 g/mol. The summed E-state index contributed by atoms with van der Waals surface area (Å²) in [5.74, 6) is 2.50. The highest BCUT2D eigenvalue weighted by molar-refractivity contribution is 6.30. The molecule has 1 amide bonds. The number of ether oxygens (including phenoxy) is 2. The van der Waals surface area contributed by atoms with Crippen molar-refractivity contribution < 1.29 is 18.8 Å². The highest BCUT2D eigenvalue weighted by Gasteiger charge is 2.27. The number of methoxy groups -OCH3 is 1. The number of piperidine rings is 1. The fourth-order valence-corrected chi connectivity index (χ4v) is 4.15. The van der Waals surface area contributed by atoms with Crippen LogP contribution in [0, 0.1) is 5.92 Å². The van der Waals surface area contributed by atoms with E-state index in [2.05, 4.69) is 20.4 Å². The van der Waals surface area contributed by atoms with E-state index in [1.54, 1.807) is 19.2 Å². The quantitative estimate of drug-likeness (QED) is 0.487. The number of likely N-dealkylation sites (tertiary alicyclic amines) is 1. The molecule has 2 unspecified atom stereocenters. The number of benzene rings is 2. The summed E-state index contributed by atoms with van der Waals surface area (Å²) in [6, 6.07) is 14.6. The van der Waals surface area contributed by atoms with E-state index in [4.69, 9.17) is 25.6 Å². The van der Waals surface area contributed by atoms with Crippen LogP contribution in [0.25, 0.3) is 11.4 Å². The Bertz CT molecular complexity index is 1090. The van der Waals surface area contributed by atoms with Gasteiger partial charge in [0.05, 0.1) is 25.6 Å². The predicted octanol–water partition coefficient (Wildman–Crippen LogP) is 4.19. The Morgan fingerprint density at radius 1 is 1.26 bits per heavy atom. The third-order valence-corrected chi connectivity index (χ3v) is 5.97. The van der Waals surface area contributed by atoms with Gasteiger partial charge in [0.25, 0.3) is 0 Å². The zero-order valence-electron chi connectivity index (χ0n) is 19.4. The summed E-state index contributed by atoms with van der Waals surface area (Å²) in [5, 5.41) is 7.77. The molecule has 4 rings (SSSR count). The summed E-state index contributed by atoms with van der Waals surface area (Å²) >= 11 is 6.06. The van der Waals surface area contributed by atoms with Gasteiger partial charge in [0.2, 0.25) is 17.6 Å². The van der Waals surface area contributed by atoms with Gasteiger partial charge in [0.1, 0.15) is 18.1 Å². The summed E-state index contributed by atoms with van der Waals surface area (Å²) in [5.41, 5.74) is 0.809. The molecule has 0 aliphatic carbocycles. The highest BCUT2D eigenvalue weighted by Crippen LogP contribution is 2.22. The molecule has 2 atom stereocenters. The number of aromatic nitrogens is 2. The molecule has 34 heavy (non-hydrogen) atoms. The number of halogens is 1. The van der Waals surface area contributed by atoms with Gasteiger partial charge in [-0.2, -0.15) is 4.98 Å². The molecule has 1 N–H and O–H groups in total. The van der Waals surface area contributed by atoms with Gasteiger partial charge in [0, 0.05) is 17.1 Å². The van der Waals surface area contributed by atoms with Crippen molar-refractivity contribution in [3.63, 3.8) is 0 Å². The van der Waals surface area contributed by atoms with Crippen LogP contribution in [0.2, 0.25) is 5.02 Å². The summed E-state index contributed by atoms with van der Waals surface area (Å²) in [7, 11) is 1.63. The molecule has 3 aromatic rings. The van der Waals surface area contributed by atoms with Crippen molar-refractivity contribution in [2.75, 3.05) is 26.8 Å². The first kappa shape index (κ1) is 24.0. The molecule has 8 nitrogen and oxygen atoms in total. The molecule has 0 saturated carbocycles. The summed E-state index contributed by atoms with van der Waals surface area (Å²) in [6.45, 7) is 4.37. The van der Waals surface area contributed by atoms with Crippen LogP contribution in [0.4, 0.5) is 0 Å². The average Bonchev–Trinajstić information content (AvgIpc) is 3.32. The van der Waals surface area contributed by atoms with Gasteiger partial charge in [-0.05, 0) is 62.7 Å². The van der Waals surface area contributed by atoms with E-state index in [0.717, 1.165) is 36.4 Å². The first-order valence-corrected chi connectivity index (χ1v) is 11.8. The molecule has 9 heteroatoms. The van der Waals surface area contributed by atoms with Crippen molar-refractivity contribution in [1.29, 1.82) is 0 Å². The Morgan fingerprint density at radius 2 is 2.06 bits per heavy atom. The van der Waals surface area contributed by atoms with Gasteiger partial charge >= 0.3 is 0 Å². The van der Waals surface area contributed by atoms with Crippen molar-refractivity contribution in [3.05, 3.63) is 59.4 Å². The Hall–Kier alpha value is -3.10. The van der Waals surface area contributed by atoms with Gasteiger partial charge in [-0.1, -0.05) is 28.9 Å². The number of carbonyl (C=O) groups is 1. The van der Waals surface area contributed by atoms with Gasteiger partial charge in [-0.25, -0.2) is 0 Å². The van der Waals surface area contributed by atoms with Crippen molar-refractivity contribution in [3.8, 4) is 22.9 Å². The van der Waals surface area contributed by atoms with E-state index >= 15 is 0 Å². The van der Waals surface area contributed by atoms with Crippen LogP contribution in [-0.4, -0.2) is 53.8 Å². The first-order chi connectivity index (χ1) is 16.5. The Kier molecular flexibility index (Phi) is 8.03. The molecule has 0 bridgehead atoms. The standard InChI is InChI=1S/C25H29ClN4O4/c1-17(16-33-22-10-8-21(32-2)9-11-22)27-25(31)19-6-4-12-30(14-19)15-23-28-24(29-34-23)18-5-3-7-20(26)13-18/h3,5,7-11,13,17,19H,4,6,12,14-16H2,1-2H3,(H,27,31). The van der Waals surface area contributed by atoms with Crippen molar-refractivity contribution in [1.82, 2.24) is 20.4 Å². The van der Waals surface area contributed by atoms with Crippen molar-refractivity contribution in [2.45, 2.75) is 32.4 Å². The van der Waals surface area contributed by atoms with Crippen LogP contribution in [0.5, 0.6) is 11.5 Å². The predicted molar refractivity (Wildman–Crippen MR) is 129 cm³/mol. The topological polar surface area (TPSA) is 89.7 Å². The largest absolute Gasteiger partial charge is 0.497 e. The molecule has 1 saturated heterocycles. The van der Waals surface area contributed by atoms with Crippen LogP contribution in [0.3, 0.4) is 0 Å². The number of amides is 1. The molecule has 1 aromatic heterocycles. The second-order valence-corrected chi connectivity index (χ2v) is 8.93. The van der Waals surface area contributed by atoms with E-state index < -0.39 is 0 Å². The fourth-order valence-electron chi connectivity index (χ4n) is 3.96. The second-order valence-electron chi connectivity index (χ2n) is 8.49. The van der Waals surface area contributed by atoms with Crippen LogP contribution >= 0.6 is 11.6 Å². The monoisotopic (exact) mass is 484 g/mol. The summed E-state index contributed by atoms with van der Waals surface area (Å²) in [4.78, 5) is 19.5. The molecule has 0 radical (unpaired) electrons. The van der Waals surface area contributed by atoms with Crippen LogP contribution in [-0.2, 0) is 11.3 Å². The lowest BCUT2D eigenvalue weighted by atomic mass is 9.97. The molecule has 1 fully saturated rings. The van der Waals surface area contributed by atoms with E-state index in [1.165, 1.54) is 0 Å². The molecule has 1 aliphatic heterocycles. The number of carbonyl (C=O) groups excluding carboxylic acids is 1. The Morgan fingerprint density at radius 3 is 2.82 bits per heavy atom. The summed E-state index contributed by atoms with van der Waals surface area (Å²) < 4.78 is 16.4. The molecule has 0 spiro atoms. The minimum atomic E-state index is -0.110. The molecule has 2 heterocycles. The third-order valence-electron chi connectivity index (χ3n) is 5.73. The van der Waals surface area contributed by atoms with E-state index in [-0.39, 0.29) is 17.9 Å². The van der Waals surface area contributed by atoms with E-state index in [0.29, 0.717) is 36.4 Å². The lowest BCUT2D eigenvalue weighted by Crippen LogP contribution is -2.46. The van der Waals surface area contributed by atoms with E-state index in [9.17, 15) is 4.79 Å². The van der Waals surface area contributed by atoms with Crippen molar-refractivity contribution in [2.24, 2.45) is 5.92 Å². The number of nitrogens with one attached hydrogen (secondary N) is 1. The molecule has 1 aliphatic rings.